The first-order chi connectivity index (χ1) is 12.4. The van der Waals surface area contributed by atoms with Crippen LogP contribution < -0.4 is 0 Å². The minimum atomic E-state index is -3.44. The van der Waals surface area contributed by atoms with Crippen molar-refractivity contribution in [3.8, 4) is 0 Å². The van der Waals surface area contributed by atoms with E-state index in [4.69, 9.17) is 23.2 Å². The maximum atomic E-state index is 13.3. The van der Waals surface area contributed by atoms with Gasteiger partial charge in [0.15, 0.2) is 9.84 Å². The first kappa shape index (κ1) is 19.4. The van der Waals surface area contributed by atoms with Gasteiger partial charge in [0.05, 0.1) is 5.75 Å². The molecule has 1 fully saturated rings. The Morgan fingerprint density at radius 3 is 2.38 bits per heavy atom. The van der Waals surface area contributed by atoms with Gasteiger partial charge in [-0.1, -0.05) is 66.7 Å². The van der Waals surface area contributed by atoms with E-state index in [1.807, 2.05) is 18.2 Å². The van der Waals surface area contributed by atoms with Crippen LogP contribution in [0.3, 0.4) is 0 Å². The predicted octanol–water partition coefficient (Wildman–Crippen LogP) is 5.68. The second-order valence-corrected chi connectivity index (χ2v) is 9.83. The Morgan fingerprint density at radius 2 is 1.73 bits per heavy atom. The summed E-state index contributed by atoms with van der Waals surface area (Å²) in [5, 5.41) is 1.13. The molecule has 1 aromatic carbocycles. The number of aromatic nitrogens is 1. The number of pyridine rings is 1. The monoisotopic (exact) mass is 409 g/mol. The van der Waals surface area contributed by atoms with Crippen LogP contribution in [0, 0.1) is 0 Å². The van der Waals surface area contributed by atoms with Crippen LogP contribution in [0.1, 0.15) is 43.2 Å². The van der Waals surface area contributed by atoms with Crippen LogP contribution >= 0.6 is 23.2 Å². The molecule has 0 aliphatic heterocycles. The molecule has 0 saturated heterocycles. The summed E-state index contributed by atoms with van der Waals surface area (Å²) < 4.78 is 25.7. The van der Waals surface area contributed by atoms with Crippen molar-refractivity contribution in [2.45, 2.75) is 36.9 Å². The summed E-state index contributed by atoms with van der Waals surface area (Å²) in [5.41, 5.74) is 1.56. The van der Waals surface area contributed by atoms with E-state index in [9.17, 15) is 8.42 Å². The molecule has 0 bridgehead atoms. The lowest BCUT2D eigenvalue weighted by Gasteiger charge is -2.37. The van der Waals surface area contributed by atoms with E-state index < -0.39 is 14.6 Å². The van der Waals surface area contributed by atoms with Crippen LogP contribution in [0.4, 0.5) is 0 Å². The van der Waals surface area contributed by atoms with Crippen LogP contribution in [0.15, 0.2) is 48.8 Å². The molecule has 0 unspecified atom stereocenters. The quantitative estimate of drug-likeness (QED) is 0.638. The van der Waals surface area contributed by atoms with E-state index in [0.717, 1.165) is 24.8 Å². The van der Waals surface area contributed by atoms with Crippen molar-refractivity contribution in [2.75, 3.05) is 5.75 Å². The Hall–Kier alpha value is -1.36. The van der Waals surface area contributed by atoms with Gasteiger partial charge in [0, 0.05) is 28.0 Å². The molecule has 1 heterocycles. The summed E-state index contributed by atoms with van der Waals surface area (Å²) in [6.45, 7) is 0. The zero-order valence-corrected chi connectivity index (χ0v) is 16.7. The van der Waals surface area contributed by atoms with Crippen molar-refractivity contribution >= 4 is 39.1 Å². The van der Waals surface area contributed by atoms with Crippen molar-refractivity contribution in [1.82, 2.24) is 4.98 Å². The summed E-state index contributed by atoms with van der Waals surface area (Å²) in [6, 6.07) is 8.97. The lowest BCUT2D eigenvalue weighted by molar-refractivity contribution is 0.380. The molecule has 1 aliphatic rings. The van der Waals surface area contributed by atoms with Gasteiger partial charge in [-0.05, 0) is 36.6 Å². The van der Waals surface area contributed by atoms with Gasteiger partial charge in [0.25, 0.3) is 0 Å². The third-order valence-corrected chi connectivity index (χ3v) is 8.04. The fraction of sp³-hybridized carbons (Fsp3) is 0.350. The first-order valence-corrected chi connectivity index (χ1v) is 11.1. The molecule has 1 aliphatic carbocycles. The maximum Gasteiger partial charge on any atom is 0.163 e. The molecule has 3 rings (SSSR count). The van der Waals surface area contributed by atoms with Crippen molar-refractivity contribution in [1.29, 1.82) is 0 Å². The third kappa shape index (κ3) is 3.98. The molecular weight excluding hydrogens is 389 g/mol. The number of hydrogen-bond donors (Lipinski definition) is 0. The highest BCUT2D eigenvalue weighted by Gasteiger charge is 2.46. The molecule has 3 nitrogen and oxygen atoms in total. The van der Waals surface area contributed by atoms with Gasteiger partial charge in [0.2, 0.25) is 0 Å². The minimum Gasteiger partial charge on any atom is -0.264 e. The minimum absolute atomic E-state index is 0.0269. The van der Waals surface area contributed by atoms with Crippen molar-refractivity contribution < 1.29 is 8.42 Å². The van der Waals surface area contributed by atoms with Crippen molar-refractivity contribution in [3.63, 3.8) is 0 Å². The SMILES string of the molecule is O=S(=O)(CC=Cc1ccc(Cl)cc1)C1(c2cnccc2Cl)CCCCC1. The number of halogens is 2. The second kappa shape index (κ2) is 8.12. The molecule has 0 N–H and O–H groups in total. The van der Waals surface area contributed by atoms with E-state index in [0.29, 0.717) is 28.5 Å². The smallest absolute Gasteiger partial charge is 0.163 e. The normalized spacial score (nSPS) is 17.5. The molecule has 0 spiro atoms. The average molecular weight is 410 g/mol. The molecule has 0 atom stereocenters. The van der Waals surface area contributed by atoms with Crippen molar-refractivity contribution in [2.24, 2.45) is 0 Å². The molecule has 1 saturated carbocycles. The fourth-order valence-electron chi connectivity index (χ4n) is 3.63. The van der Waals surface area contributed by atoms with Crippen LogP contribution in [0.2, 0.25) is 10.0 Å². The van der Waals surface area contributed by atoms with Crippen LogP contribution in [-0.2, 0) is 14.6 Å². The van der Waals surface area contributed by atoms with E-state index in [-0.39, 0.29) is 5.75 Å². The summed E-state index contributed by atoms with van der Waals surface area (Å²) in [7, 11) is -3.44. The third-order valence-electron chi connectivity index (χ3n) is 5.01. The Labute approximate surface area is 165 Å². The topological polar surface area (TPSA) is 47.0 Å². The highest BCUT2D eigenvalue weighted by Crippen LogP contribution is 2.46. The lowest BCUT2D eigenvalue weighted by Crippen LogP contribution is -2.39. The van der Waals surface area contributed by atoms with Crippen LogP contribution in [-0.4, -0.2) is 19.2 Å². The largest absolute Gasteiger partial charge is 0.264 e. The van der Waals surface area contributed by atoms with Gasteiger partial charge in [-0.3, -0.25) is 4.98 Å². The molecule has 6 heteroatoms. The molecule has 26 heavy (non-hydrogen) atoms. The van der Waals surface area contributed by atoms with Crippen LogP contribution in [0.25, 0.3) is 6.08 Å². The number of hydrogen-bond acceptors (Lipinski definition) is 3. The lowest BCUT2D eigenvalue weighted by atomic mass is 9.83. The molecule has 1 aromatic heterocycles. The maximum absolute atomic E-state index is 13.3. The Bertz CT molecular complexity index is 886. The van der Waals surface area contributed by atoms with Gasteiger partial charge < -0.3 is 0 Å². The van der Waals surface area contributed by atoms with Gasteiger partial charge in [-0.15, -0.1) is 0 Å². The number of nitrogens with zero attached hydrogens (tertiary/aromatic N) is 1. The zero-order chi connectivity index (χ0) is 18.6. The van der Waals surface area contributed by atoms with E-state index in [2.05, 4.69) is 4.98 Å². The Balaban J connectivity index is 1.90. The molecule has 0 amide bonds. The van der Waals surface area contributed by atoms with Crippen molar-refractivity contribution in [3.05, 3.63) is 70.0 Å². The van der Waals surface area contributed by atoms with E-state index in [1.165, 1.54) is 0 Å². The second-order valence-electron chi connectivity index (χ2n) is 6.65. The molecule has 138 valence electrons. The summed E-state index contributed by atoms with van der Waals surface area (Å²) in [6.07, 6.45) is 10.7. The highest BCUT2D eigenvalue weighted by molar-refractivity contribution is 7.92. The highest BCUT2D eigenvalue weighted by atomic mass is 35.5. The van der Waals surface area contributed by atoms with Gasteiger partial charge in [0.1, 0.15) is 4.75 Å². The molecular formula is C20H21Cl2NO2S. The Morgan fingerprint density at radius 1 is 1.04 bits per heavy atom. The predicted molar refractivity (Wildman–Crippen MR) is 108 cm³/mol. The van der Waals surface area contributed by atoms with Gasteiger partial charge in [-0.25, -0.2) is 8.42 Å². The summed E-state index contributed by atoms with van der Waals surface area (Å²) in [4.78, 5) is 4.14. The summed E-state index contributed by atoms with van der Waals surface area (Å²) >= 11 is 12.2. The molecule has 0 radical (unpaired) electrons. The Kier molecular flexibility index (Phi) is 6.06. The summed E-state index contributed by atoms with van der Waals surface area (Å²) in [5.74, 6) is -0.0269. The number of sulfone groups is 1. The van der Waals surface area contributed by atoms with Gasteiger partial charge in [-0.2, -0.15) is 0 Å². The van der Waals surface area contributed by atoms with E-state index >= 15 is 0 Å². The fourth-order valence-corrected chi connectivity index (χ4v) is 6.17. The zero-order valence-electron chi connectivity index (χ0n) is 14.4. The first-order valence-electron chi connectivity index (χ1n) is 8.69. The number of benzene rings is 1. The number of rotatable bonds is 5. The standard InChI is InChI=1S/C20H21Cl2NO2S/c21-17-8-6-16(7-9-17)5-4-14-26(24,25)20(11-2-1-3-12-20)18-15-23-13-10-19(18)22/h4-10,13,15H,1-3,11-12,14H2. The average Bonchev–Trinajstić information content (AvgIpc) is 2.64. The molecule has 2 aromatic rings. The van der Waals surface area contributed by atoms with Gasteiger partial charge >= 0.3 is 0 Å². The van der Waals surface area contributed by atoms with Crippen LogP contribution in [0.5, 0.6) is 0 Å². The van der Waals surface area contributed by atoms with E-state index in [1.54, 1.807) is 36.7 Å².